The zero-order valence-electron chi connectivity index (χ0n) is 15.1. The molecule has 4 rings (SSSR count). The second-order valence-corrected chi connectivity index (χ2v) is 8.97. The van der Waals surface area contributed by atoms with Gasteiger partial charge in [0.15, 0.2) is 4.34 Å². The molecule has 0 unspecified atom stereocenters. The van der Waals surface area contributed by atoms with E-state index in [0.717, 1.165) is 31.6 Å². The molecule has 1 saturated carbocycles. The second-order valence-electron chi connectivity index (χ2n) is 6.77. The number of halogens is 1. The number of hydrogen-bond donors (Lipinski definition) is 1. The van der Waals surface area contributed by atoms with Crippen LogP contribution in [-0.4, -0.2) is 58.8 Å². The number of piperazine rings is 1. The fourth-order valence-corrected chi connectivity index (χ4v) is 4.61. The third-order valence-electron chi connectivity index (χ3n) is 4.73. The number of nitrogens with zero attached hydrogens (tertiary/aromatic N) is 4. The van der Waals surface area contributed by atoms with Gasteiger partial charge in [0.2, 0.25) is 16.9 Å². The number of nitrogens with one attached hydrogen (secondary N) is 1. The van der Waals surface area contributed by atoms with Gasteiger partial charge in [-0.1, -0.05) is 23.1 Å². The minimum Gasteiger partial charge on any atom is -0.368 e. The lowest BCUT2D eigenvalue weighted by molar-refractivity contribution is -0.128. The van der Waals surface area contributed by atoms with E-state index in [1.165, 1.54) is 35.2 Å². The van der Waals surface area contributed by atoms with Gasteiger partial charge in [-0.05, 0) is 37.1 Å². The van der Waals surface area contributed by atoms with Crippen molar-refractivity contribution in [2.24, 2.45) is 5.92 Å². The number of benzene rings is 1. The van der Waals surface area contributed by atoms with Gasteiger partial charge in [-0.15, -0.1) is 10.2 Å². The molecule has 148 valence electrons. The second kappa shape index (κ2) is 8.44. The van der Waals surface area contributed by atoms with E-state index in [9.17, 15) is 14.0 Å². The number of rotatable bonds is 6. The Kier molecular flexibility index (Phi) is 5.77. The maximum Gasteiger partial charge on any atom is 0.233 e. The highest BCUT2D eigenvalue weighted by Gasteiger charge is 2.30. The molecule has 1 aromatic heterocycles. The van der Waals surface area contributed by atoms with Gasteiger partial charge in [0.1, 0.15) is 5.82 Å². The highest BCUT2D eigenvalue weighted by atomic mass is 32.2. The predicted octanol–water partition coefficient (Wildman–Crippen LogP) is 2.47. The number of hydrogen-bond acceptors (Lipinski definition) is 7. The summed E-state index contributed by atoms with van der Waals surface area (Å²) in [4.78, 5) is 28.2. The van der Waals surface area contributed by atoms with Crippen molar-refractivity contribution >= 4 is 45.7 Å². The number of aromatic nitrogens is 2. The Morgan fingerprint density at radius 2 is 1.86 bits per heavy atom. The highest BCUT2D eigenvalue weighted by Crippen LogP contribution is 2.32. The smallest absolute Gasteiger partial charge is 0.233 e. The average Bonchev–Trinajstić information content (AvgIpc) is 3.48. The van der Waals surface area contributed by atoms with E-state index in [1.54, 1.807) is 12.1 Å². The van der Waals surface area contributed by atoms with Crippen molar-refractivity contribution in [3.8, 4) is 0 Å². The van der Waals surface area contributed by atoms with E-state index in [4.69, 9.17) is 0 Å². The molecular formula is C18H20FN5O2S2. The van der Waals surface area contributed by atoms with Gasteiger partial charge in [-0.3, -0.25) is 9.59 Å². The normalized spacial score (nSPS) is 16.9. The molecule has 1 aliphatic carbocycles. The molecule has 0 atom stereocenters. The molecule has 2 amide bonds. The largest absolute Gasteiger partial charge is 0.368 e. The summed E-state index contributed by atoms with van der Waals surface area (Å²) in [5, 5.41) is 11.2. The Hall–Kier alpha value is -2.20. The van der Waals surface area contributed by atoms with Gasteiger partial charge in [0.25, 0.3) is 0 Å². The Labute approximate surface area is 170 Å². The zero-order valence-corrected chi connectivity index (χ0v) is 16.8. The van der Waals surface area contributed by atoms with Gasteiger partial charge >= 0.3 is 0 Å². The maximum atomic E-state index is 13.0. The SMILES string of the molecule is O=C(Nc1nnc(SCC(=O)N2CCN(c3ccc(F)cc3)CC2)s1)C1CC1. The lowest BCUT2D eigenvalue weighted by atomic mass is 10.2. The fourth-order valence-electron chi connectivity index (χ4n) is 2.95. The van der Waals surface area contributed by atoms with E-state index in [0.29, 0.717) is 28.3 Å². The van der Waals surface area contributed by atoms with E-state index >= 15 is 0 Å². The van der Waals surface area contributed by atoms with Crippen molar-refractivity contribution in [1.82, 2.24) is 15.1 Å². The van der Waals surface area contributed by atoms with E-state index in [2.05, 4.69) is 20.4 Å². The Morgan fingerprint density at radius 3 is 2.54 bits per heavy atom. The first-order valence-corrected chi connectivity index (χ1v) is 10.9. The molecule has 2 heterocycles. The summed E-state index contributed by atoms with van der Waals surface area (Å²) in [7, 11) is 0. The molecule has 2 aliphatic rings. The predicted molar refractivity (Wildman–Crippen MR) is 107 cm³/mol. The Bertz CT molecular complexity index is 848. The fraction of sp³-hybridized carbons (Fsp3) is 0.444. The first kappa shape index (κ1) is 19.1. The molecule has 2 fully saturated rings. The maximum absolute atomic E-state index is 13.0. The quantitative estimate of drug-likeness (QED) is 0.570. The van der Waals surface area contributed by atoms with Crippen LogP contribution in [0.2, 0.25) is 0 Å². The standard InChI is InChI=1S/C18H20FN5O2S2/c19-13-3-5-14(6-4-13)23-7-9-24(10-8-23)15(25)11-27-18-22-21-17(28-18)20-16(26)12-1-2-12/h3-6,12H,1-2,7-11H2,(H,20,21,26). The van der Waals surface area contributed by atoms with Crippen molar-refractivity contribution in [2.45, 2.75) is 17.2 Å². The van der Waals surface area contributed by atoms with E-state index in [-0.39, 0.29) is 23.5 Å². The Balaban J connectivity index is 1.22. The summed E-state index contributed by atoms with van der Waals surface area (Å²) in [6.07, 6.45) is 1.88. The van der Waals surface area contributed by atoms with E-state index in [1.807, 2.05) is 4.90 Å². The van der Waals surface area contributed by atoms with Crippen LogP contribution in [0.15, 0.2) is 28.6 Å². The summed E-state index contributed by atoms with van der Waals surface area (Å²) in [6.45, 7) is 2.71. The lowest BCUT2D eigenvalue weighted by Gasteiger charge is -2.36. The molecule has 1 aliphatic heterocycles. The van der Waals surface area contributed by atoms with Crippen LogP contribution >= 0.6 is 23.1 Å². The van der Waals surface area contributed by atoms with Crippen LogP contribution in [0.4, 0.5) is 15.2 Å². The molecule has 1 saturated heterocycles. The number of carbonyl (C=O) groups is 2. The molecule has 0 bridgehead atoms. The highest BCUT2D eigenvalue weighted by molar-refractivity contribution is 8.01. The number of amides is 2. The van der Waals surface area contributed by atoms with E-state index < -0.39 is 0 Å². The minimum absolute atomic E-state index is 0.00259. The molecular weight excluding hydrogens is 401 g/mol. The van der Waals surface area contributed by atoms with Crippen molar-refractivity contribution in [3.05, 3.63) is 30.1 Å². The van der Waals surface area contributed by atoms with Crippen LogP contribution in [0.1, 0.15) is 12.8 Å². The van der Waals surface area contributed by atoms with Gasteiger partial charge in [0.05, 0.1) is 5.75 Å². The summed E-state index contributed by atoms with van der Waals surface area (Å²) in [5.74, 6) is 0.226. The topological polar surface area (TPSA) is 78.4 Å². The zero-order chi connectivity index (χ0) is 19.5. The minimum atomic E-state index is -0.249. The molecule has 0 spiro atoms. The van der Waals surface area contributed by atoms with Crippen LogP contribution in [0.3, 0.4) is 0 Å². The molecule has 28 heavy (non-hydrogen) atoms. The third kappa shape index (κ3) is 4.79. The number of carbonyl (C=O) groups excluding carboxylic acids is 2. The first-order valence-electron chi connectivity index (χ1n) is 9.14. The van der Waals surface area contributed by atoms with Gasteiger partial charge in [-0.2, -0.15) is 0 Å². The molecule has 2 aromatic rings. The molecule has 0 radical (unpaired) electrons. The van der Waals surface area contributed by atoms with Crippen molar-refractivity contribution < 1.29 is 14.0 Å². The molecule has 10 heteroatoms. The lowest BCUT2D eigenvalue weighted by Crippen LogP contribution is -2.49. The van der Waals surface area contributed by atoms with Crippen LogP contribution in [0, 0.1) is 11.7 Å². The summed E-state index contributed by atoms with van der Waals surface area (Å²) in [5.41, 5.74) is 0.970. The van der Waals surface area contributed by atoms with Crippen LogP contribution < -0.4 is 10.2 Å². The van der Waals surface area contributed by atoms with Crippen molar-refractivity contribution in [2.75, 3.05) is 42.1 Å². The third-order valence-corrected chi connectivity index (χ3v) is 6.68. The summed E-state index contributed by atoms with van der Waals surface area (Å²) >= 11 is 2.63. The molecule has 1 aromatic carbocycles. The number of thioether (sulfide) groups is 1. The van der Waals surface area contributed by atoms with Crippen molar-refractivity contribution in [1.29, 1.82) is 0 Å². The molecule has 7 nitrogen and oxygen atoms in total. The van der Waals surface area contributed by atoms with Crippen molar-refractivity contribution in [3.63, 3.8) is 0 Å². The number of anilines is 2. The van der Waals surface area contributed by atoms with Crippen LogP contribution in [0.25, 0.3) is 0 Å². The van der Waals surface area contributed by atoms with Gasteiger partial charge < -0.3 is 15.1 Å². The average molecular weight is 422 g/mol. The Morgan fingerprint density at radius 1 is 1.14 bits per heavy atom. The van der Waals surface area contributed by atoms with Gasteiger partial charge in [-0.25, -0.2) is 4.39 Å². The molecule has 1 N–H and O–H groups in total. The van der Waals surface area contributed by atoms with Crippen LogP contribution in [-0.2, 0) is 9.59 Å². The summed E-state index contributed by atoms with van der Waals surface area (Å²) < 4.78 is 13.7. The monoisotopic (exact) mass is 421 g/mol. The van der Waals surface area contributed by atoms with Gasteiger partial charge in [0, 0.05) is 37.8 Å². The van der Waals surface area contributed by atoms with Crippen LogP contribution in [0.5, 0.6) is 0 Å². The summed E-state index contributed by atoms with van der Waals surface area (Å²) in [6, 6.07) is 6.43. The first-order chi connectivity index (χ1) is 13.6.